The molecule has 0 aromatic rings. The van der Waals surface area contributed by atoms with Gasteiger partial charge in [0.25, 0.3) is 0 Å². The van der Waals surface area contributed by atoms with Crippen molar-refractivity contribution in [3.05, 3.63) is 0 Å². The molecule has 0 bridgehead atoms. The van der Waals surface area contributed by atoms with Crippen LogP contribution in [-0.2, 0) is 0 Å². The molecule has 104 valence electrons. The van der Waals surface area contributed by atoms with Crippen LogP contribution in [0.3, 0.4) is 0 Å². The fraction of sp³-hybridized carbons (Fsp3) is 0.857. The third kappa shape index (κ3) is 6.03. The summed E-state index contributed by atoms with van der Waals surface area (Å²) in [4.78, 5) is 10.6. The summed E-state index contributed by atoms with van der Waals surface area (Å²) < 4.78 is 0. The highest BCUT2D eigenvalue weighted by Gasteiger charge is 2.22. The molecule has 1 aliphatic rings. The van der Waals surface area contributed by atoms with Crippen molar-refractivity contribution in [1.82, 2.24) is 5.43 Å². The molecular weight excluding hydrogens is 226 g/mol. The number of hydrogen-bond acceptors (Lipinski definition) is 2. The molecular formula is C14H27N3O. The van der Waals surface area contributed by atoms with E-state index in [1.54, 1.807) is 0 Å². The number of nitrogens with one attached hydrogen (secondary N) is 1. The van der Waals surface area contributed by atoms with Gasteiger partial charge in [0.15, 0.2) is 0 Å². The van der Waals surface area contributed by atoms with E-state index in [0.717, 1.165) is 12.1 Å². The zero-order valence-corrected chi connectivity index (χ0v) is 11.6. The second kappa shape index (κ2) is 8.95. The first-order valence-corrected chi connectivity index (χ1v) is 7.36. The summed E-state index contributed by atoms with van der Waals surface area (Å²) in [6.07, 6.45) is 12.6. The molecule has 0 radical (unpaired) electrons. The summed E-state index contributed by atoms with van der Waals surface area (Å²) in [5.41, 5.74) is 8.53. The summed E-state index contributed by atoms with van der Waals surface area (Å²) >= 11 is 0. The number of carbonyl (C=O) groups is 1. The van der Waals surface area contributed by atoms with Crippen LogP contribution in [0.2, 0.25) is 0 Å². The molecule has 2 amide bonds. The third-order valence-electron chi connectivity index (χ3n) is 3.67. The van der Waals surface area contributed by atoms with Crippen LogP contribution in [0, 0.1) is 5.92 Å². The maximum Gasteiger partial charge on any atom is 0.332 e. The van der Waals surface area contributed by atoms with Gasteiger partial charge in [-0.2, -0.15) is 5.10 Å². The first-order valence-electron chi connectivity index (χ1n) is 7.36. The van der Waals surface area contributed by atoms with Crippen molar-refractivity contribution in [2.45, 2.75) is 71.1 Å². The summed E-state index contributed by atoms with van der Waals surface area (Å²) in [7, 11) is 0. The van der Waals surface area contributed by atoms with E-state index in [0.29, 0.717) is 5.92 Å². The Bertz CT molecular complexity index is 276. The van der Waals surface area contributed by atoms with Crippen LogP contribution in [0.1, 0.15) is 71.1 Å². The fourth-order valence-corrected chi connectivity index (χ4v) is 2.66. The van der Waals surface area contributed by atoms with Gasteiger partial charge < -0.3 is 5.73 Å². The molecule has 1 atom stereocenters. The van der Waals surface area contributed by atoms with E-state index in [1.165, 1.54) is 57.8 Å². The van der Waals surface area contributed by atoms with Gasteiger partial charge in [0.2, 0.25) is 0 Å². The van der Waals surface area contributed by atoms with Crippen LogP contribution in [-0.4, -0.2) is 11.7 Å². The van der Waals surface area contributed by atoms with Crippen LogP contribution in [0.15, 0.2) is 5.10 Å². The van der Waals surface area contributed by atoms with E-state index in [1.807, 2.05) is 0 Å². The Morgan fingerprint density at radius 1 is 1.33 bits per heavy atom. The van der Waals surface area contributed by atoms with Crippen molar-refractivity contribution in [1.29, 1.82) is 0 Å². The predicted octanol–water partition coefficient (Wildman–Crippen LogP) is 3.56. The topological polar surface area (TPSA) is 67.5 Å². The van der Waals surface area contributed by atoms with E-state index >= 15 is 0 Å². The summed E-state index contributed by atoms with van der Waals surface area (Å²) in [6, 6.07) is -0.562. The minimum Gasteiger partial charge on any atom is -0.350 e. The van der Waals surface area contributed by atoms with Crippen molar-refractivity contribution in [2.75, 3.05) is 0 Å². The first-order chi connectivity index (χ1) is 8.74. The quantitative estimate of drug-likeness (QED) is 0.504. The van der Waals surface area contributed by atoms with E-state index in [9.17, 15) is 4.79 Å². The number of unbranched alkanes of at least 4 members (excludes halogenated alkanes) is 5. The lowest BCUT2D eigenvalue weighted by atomic mass is 9.98. The molecule has 4 heteroatoms. The molecule has 1 rings (SSSR count). The summed E-state index contributed by atoms with van der Waals surface area (Å²) in [6.45, 7) is 2.24. The fourth-order valence-electron chi connectivity index (χ4n) is 2.66. The molecule has 18 heavy (non-hydrogen) atoms. The second-order valence-corrected chi connectivity index (χ2v) is 5.22. The highest BCUT2D eigenvalue weighted by molar-refractivity contribution is 5.89. The van der Waals surface area contributed by atoms with Crippen LogP contribution in [0.25, 0.3) is 0 Å². The predicted molar refractivity (Wildman–Crippen MR) is 75.5 cm³/mol. The van der Waals surface area contributed by atoms with Gasteiger partial charge in [-0.05, 0) is 31.6 Å². The lowest BCUT2D eigenvalue weighted by Gasteiger charge is -2.10. The maximum absolute atomic E-state index is 10.6. The maximum atomic E-state index is 10.6. The minimum absolute atomic E-state index is 0.562. The van der Waals surface area contributed by atoms with Crippen molar-refractivity contribution in [2.24, 2.45) is 16.8 Å². The van der Waals surface area contributed by atoms with Gasteiger partial charge >= 0.3 is 6.03 Å². The number of carbonyl (C=O) groups excluding carboxylic acids is 1. The van der Waals surface area contributed by atoms with Gasteiger partial charge in [-0.25, -0.2) is 10.2 Å². The molecule has 0 aromatic carbocycles. The van der Waals surface area contributed by atoms with Crippen LogP contribution >= 0.6 is 0 Å². The van der Waals surface area contributed by atoms with Gasteiger partial charge in [0.05, 0.1) is 0 Å². The zero-order valence-electron chi connectivity index (χ0n) is 11.6. The van der Waals surface area contributed by atoms with E-state index in [2.05, 4.69) is 17.5 Å². The molecule has 1 saturated carbocycles. The van der Waals surface area contributed by atoms with Crippen LogP contribution in [0.5, 0.6) is 0 Å². The van der Waals surface area contributed by atoms with Crippen molar-refractivity contribution in [3.8, 4) is 0 Å². The second-order valence-electron chi connectivity index (χ2n) is 5.22. The highest BCUT2D eigenvalue weighted by atomic mass is 16.2. The standard InChI is InChI=1S/C14H27N3O/c1-2-3-4-5-6-7-9-12-10-8-11-13(12)16-17-14(15)18/h12H,2-11H2,1H3,(H3,15,17,18)/t12-/m1/s1. The van der Waals surface area contributed by atoms with Gasteiger partial charge in [0.1, 0.15) is 0 Å². The Labute approximate surface area is 110 Å². The zero-order chi connectivity index (χ0) is 13.2. The average molecular weight is 253 g/mol. The Balaban J connectivity index is 2.16. The largest absolute Gasteiger partial charge is 0.350 e. The number of nitrogens with zero attached hydrogens (tertiary/aromatic N) is 1. The summed E-state index contributed by atoms with van der Waals surface area (Å²) in [5.74, 6) is 0.572. The van der Waals surface area contributed by atoms with E-state index in [4.69, 9.17) is 5.73 Å². The number of urea groups is 1. The molecule has 0 aromatic heterocycles. The van der Waals surface area contributed by atoms with Crippen LogP contribution in [0.4, 0.5) is 4.79 Å². The Morgan fingerprint density at radius 2 is 2.06 bits per heavy atom. The van der Waals surface area contributed by atoms with E-state index < -0.39 is 6.03 Å². The monoisotopic (exact) mass is 253 g/mol. The molecule has 0 spiro atoms. The van der Waals surface area contributed by atoms with Crippen molar-refractivity contribution in [3.63, 3.8) is 0 Å². The number of amides is 2. The van der Waals surface area contributed by atoms with Gasteiger partial charge in [-0.15, -0.1) is 0 Å². The Hall–Kier alpha value is -1.06. The Morgan fingerprint density at radius 3 is 2.78 bits per heavy atom. The number of nitrogens with two attached hydrogens (primary N) is 1. The smallest absolute Gasteiger partial charge is 0.332 e. The molecule has 0 heterocycles. The Kier molecular flexibility index (Phi) is 7.46. The molecule has 4 nitrogen and oxygen atoms in total. The number of primary amides is 1. The lowest BCUT2D eigenvalue weighted by Crippen LogP contribution is -2.26. The first kappa shape index (κ1) is 15.0. The number of hydrogen-bond donors (Lipinski definition) is 2. The van der Waals surface area contributed by atoms with Gasteiger partial charge in [-0.3, -0.25) is 0 Å². The molecule has 1 aliphatic carbocycles. The number of hydrazone groups is 1. The summed E-state index contributed by atoms with van der Waals surface area (Å²) in [5, 5.41) is 4.12. The van der Waals surface area contributed by atoms with Crippen molar-refractivity contribution >= 4 is 11.7 Å². The van der Waals surface area contributed by atoms with Gasteiger partial charge in [0, 0.05) is 5.71 Å². The molecule has 0 saturated heterocycles. The third-order valence-corrected chi connectivity index (χ3v) is 3.67. The molecule has 0 unspecified atom stereocenters. The molecule has 0 aliphatic heterocycles. The number of rotatable bonds is 8. The van der Waals surface area contributed by atoms with Crippen LogP contribution < -0.4 is 11.2 Å². The normalized spacial score (nSPS) is 21.4. The minimum atomic E-state index is -0.562. The lowest BCUT2D eigenvalue weighted by molar-refractivity contribution is 0.249. The SMILES string of the molecule is CCCCCCCC[C@@H]1CCCC1=NNC(N)=O. The van der Waals surface area contributed by atoms with Crippen molar-refractivity contribution < 1.29 is 4.79 Å². The average Bonchev–Trinajstić information content (AvgIpc) is 2.78. The molecule has 3 N–H and O–H groups in total. The molecule has 1 fully saturated rings. The highest BCUT2D eigenvalue weighted by Crippen LogP contribution is 2.27. The van der Waals surface area contributed by atoms with E-state index in [-0.39, 0.29) is 0 Å². The van der Waals surface area contributed by atoms with Gasteiger partial charge in [-0.1, -0.05) is 45.4 Å².